The topological polar surface area (TPSA) is 165 Å². The Hall–Kier alpha value is -3.96. The van der Waals surface area contributed by atoms with Gasteiger partial charge < -0.3 is 36.1 Å². The molecule has 0 saturated carbocycles. The lowest BCUT2D eigenvalue weighted by molar-refractivity contribution is -0.137. The lowest BCUT2D eigenvalue weighted by atomic mass is 9.78. The first kappa shape index (κ1) is 35.9. The molecule has 1 aliphatic rings. The summed E-state index contributed by atoms with van der Waals surface area (Å²) < 4.78 is 10.7. The van der Waals surface area contributed by atoms with Crippen LogP contribution in [0.3, 0.4) is 0 Å². The maximum atomic E-state index is 14.3. The van der Waals surface area contributed by atoms with E-state index in [1.54, 1.807) is 43.5 Å². The number of H-pyrrole nitrogens is 1. The number of hydrogen-bond acceptors (Lipinski definition) is 6. The molecule has 2 aromatic carbocycles. The molecule has 1 aliphatic carbocycles. The summed E-state index contributed by atoms with van der Waals surface area (Å²) in [7, 11) is 1.55. The van der Waals surface area contributed by atoms with Crippen molar-refractivity contribution in [2.45, 2.75) is 84.0 Å². The van der Waals surface area contributed by atoms with Crippen molar-refractivity contribution in [1.82, 2.24) is 20.9 Å². The van der Waals surface area contributed by atoms with Gasteiger partial charge in [-0.3, -0.25) is 14.4 Å². The molecule has 13 heteroatoms. The second-order valence-corrected chi connectivity index (χ2v) is 13.2. The molecule has 0 aliphatic heterocycles. The quantitative estimate of drug-likeness (QED) is 0.166. The smallest absolute Gasteiger partial charge is 0.408 e. The second-order valence-electron chi connectivity index (χ2n) is 12.3. The van der Waals surface area contributed by atoms with Gasteiger partial charge in [0.05, 0.1) is 17.6 Å². The number of methoxy groups -OCH3 is 1. The van der Waals surface area contributed by atoms with Crippen molar-refractivity contribution >= 4 is 57.9 Å². The zero-order valence-corrected chi connectivity index (χ0v) is 28.8. The minimum atomic E-state index is -1.49. The van der Waals surface area contributed by atoms with E-state index in [1.807, 2.05) is 27.7 Å². The van der Waals surface area contributed by atoms with Crippen molar-refractivity contribution in [3.63, 3.8) is 0 Å². The summed E-state index contributed by atoms with van der Waals surface area (Å²) in [5, 5.41) is 10.1. The van der Waals surface area contributed by atoms with E-state index in [9.17, 15) is 19.2 Å². The summed E-state index contributed by atoms with van der Waals surface area (Å²) >= 11 is 12.9. The van der Waals surface area contributed by atoms with Gasteiger partial charge in [0.25, 0.3) is 0 Å². The Morgan fingerprint density at radius 1 is 1.02 bits per heavy atom. The standard InChI is InChI=1S/C34H43Cl2N5O6/c1-6-18(3)27(30(37)42)39-32(44)34(12-11-26-24(16-34)23-14-21(35)15-25(36)29(23)38-26)41-31(43)28(19(4)7-2)40-33(45)47-17-20-9-8-10-22(13-20)46-5/h8-10,13-15,18-19,27-28,38H,6-7,11-12,16-17H2,1-5H3,(H2,37,42)(H,39,44)(H,40,45)(H,41,43)/t18?,19?,27-,28-,34+/m0/s1. The van der Waals surface area contributed by atoms with Crippen LogP contribution in [0.5, 0.6) is 5.75 Å². The first-order valence-corrected chi connectivity index (χ1v) is 16.5. The van der Waals surface area contributed by atoms with E-state index in [0.717, 1.165) is 16.6 Å². The van der Waals surface area contributed by atoms with E-state index < -0.39 is 41.4 Å². The molecule has 0 bridgehead atoms. The van der Waals surface area contributed by atoms with Gasteiger partial charge in [0.15, 0.2) is 0 Å². The molecule has 6 N–H and O–H groups in total. The number of nitrogens with two attached hydrogens (primary N) is 1. The lowest BCUT2D eigenvalue weighted by Crippen LogP contribution is -2.67. The third-order valence-corrected chi connectivity index (χ3v) is 9.69. The van der Waals surface area contributed by atoms with Crippen LogP contribution in [0.1, 0.15) is 63.8 Å². The lowest BCUT2D eigenvalue weighted by Gasteiger charge is -2.39. The number of carbonyl (C=O) groups is 4. The van der Waals surface area contributed by atoms with Crippen LogP contribution < -0.4 is 26.4 Å². The maximum Gasteiger partial charge on any atom is 0.408 e. The van der Waals surface area contributed by atoms with Crippen molar-refractivity contribution < 1.29 is 28.7 Å². The SMILES string of the molecule is CCC(C)[C@H](NC(=O)[C@@]1(NC(=O)[C@@H](NC(=O)OCc2cccc(OC)c2)C(C)CC)CCc2[nH]c3c(Cl)cc(Cl)cc3c2C1)C(N)=O. The molecule has 0 spiro atoms. The number of nitrogens with one attached hydrogen (secondary N) is 4. The number of hydrogen-bond donors (Lipinski definition) is 5. The van der Waals surface area contributed by atoms with Gasteiger partial charge in [0.1, 0.15) is 30.0 Å². The predicted octanol–water partition coefficient (Wildman–Crippen LogP) is 5.18. The number of fused-ring (bicyclic) bond motifs is 3. The Labute approximate surface area is 284 Å². The molecule has 0 fully saturated rings. The zero-order valence-electron chi connectivity index (χ0n) is 27.3. The normalized spacial score (nSPS) is 18.3. The largest absolute Gasteiger partial charge is 0.497 e. The van der Waals surface area contributed by atoms with Crippen LogP contribution in [-0.2, 0) is 38.6 Å². The third kappa shape index (κ3) is 8.13. The Morgan fingerprint density at radius 2 is 1.72 bits per heavy atom. The predicted molar refractivity (Wildman–Crippen MR) is 181 cm³/mol. The van der Waals surface area contributed by atoms with Crippen molar-refractivity contribution in [2.75, 3.05) is 7.11 Å². The number of rotatable bonds is 13. The highest BCUT2D eigenvalue weighted by Gasteiger charge is 2.46. The Kier molecular flexibility index (Phi) is 11.7. The van der Waals surface area contributed by atoms with Gasteiger partial charge in [-0.1, -0.05) is 75.9 Å². The fraction of sp³-hybridized carbons (Fsp3) is 0.471. The van der Waals surface area contributed by atoms with Gasteiger partial charge in [-0.05, 0) is 60.1 Å². The third-order valence-electron chi connectivity index (χ3n) is 9.18. The average molecular weight is 689 g/mol. The number of benzene rings is 2. The molecule has 3 aromatic rings. The highest BCUT2D eigenvalue weighted by atomic mass is 35.5. The first-order valence-electron chi connectivity index (χ1n) is 15.8. The molecule has 2 unspecified atom stereocenters. The summed E-state index contributed by atoms with van der Waals surface area (Å²) in [4.78, 5) is 57.1. The fourth-order valence-corrected chi connectivity index (χ4v) is 6.47. The fourth-order valence-electron chi connectivity index (χ4n) is 5.93. The average Bonchev–Trinajstić information content (AvgIpc) is 3.41. The number of alkyl carbamates (subject to hydrolysis) is 1. The molecule has 0 radical (unpaired) electrons. The van der Waals surface area contributed by atoms with E-state index >= 15 is 0 Å². The molecule has 0 saturated heterocycles. The van der Waals surface area contributed by atoms with Crippen LogP contribution in [0.2, 0.25) is 10.0 Å². The molecule has 1 aromatic heterocycles. The van der Waals surface area contributed by atoms with Crippen molar-refractivity contribution in [2.24, 2.45) is 17.6 Å². The van der Waals surface area contributed by atoms with E-state index in [0.29, 0.717) is 46.1 Å². The summed E-state index contributed by atoms with van der Waals surface area (Å²) in [6.07, 6.45) is 1.03. The Morgan fingerprint density at radius 3 is 2.38 bits per heavy atom. The summed E-state index contributed by atoms with van der Waals surface area (Å²) in [6.45, 7) is 7.40. The maximum absolute atomic E-state index is 14.3. The van der Waals surface area contributed by atoms with Gasteiger partial charge in [-0.15, -0.1) is 0 Å². The zero-order chi connectivity index (χ0) is 34.5. The summed E-state index contributed by atoms with van der Waals surface area (Å²) in [5.41, 5.74) is 7.24. The van der Waals surface area contributed by atoms with Crippen molar-refractivity contribution in [3.8, 4) is 5.75 Å². The highest BCUT2D eigenvalue weighted by Crippen LogP contribution is 2.38. The Balaban J connectivity index is 1.64. The van der Waals surface area contributed by atoms with Gasteiger partial charge in [-0.25, -0.2) is 4.79 Å². The van der Waals surface area contributed by atoms with Gasteiger partial charge in [0.2, 0.25) is 17.7 Å². The molecule has 254 valence electrons. The van der Waals surface area contributed by atoms with Crippen LogP contribution in [0.15, 0.2) is 36.4 Å². The molecule has 4 amide bonds. The molecule has 4 rings (SSSR count). The number of aromatic nitrogens is 1. The van der Waals surface area contributed by atoms with Crippen molar-refractivity contribution in [1.29, 1.82) is 0 Å². The molecular weight excluding hydrogens is 645 g/mol. The minimum absolute atomic E-state index is 0.0389. The number of ether oxygens (including phenoxy) is 2. The Bertz CT molecular complexity index is 1640. The van der Waals surface area contributed by atoms with Crippen LogP contribution >= 0.6 is 23.2 Å². The molecule has 1 heterocycles. The van der Waals surface area contributed by atoms with Crippen LogP contribution in [0.4, 0.5) is 4.79 Å². The monoisotopic (exact) mass is 687 g/mol. The number of primary amides is 1. The highest BCUT2D eigenvalue weighted by molar-refractivity contribution is 6.38. The molecule has 5 atom stereocenters. The molecule has 11 nitrogen and oxygen atoms in total. The number of amides is 4. The molecule has 47 heavy (non-hydrogen) atoms. The van der Waals surface area contributed by atoms with Gasteiger partial charge in [-0.2, -0.15) is 0 Å². The van der Waals surface area contributed by atoms with Crippen molar-refractivity contribution in [3.05, 3.63) is 63.3 Å². The van der Waals surface area contributed by atoms with E-state index in [4.69, 9.17) is 38.4 Å². The number of aromatic amines is 1. The minimum Gasteiger partial charge on any atom is -0.497 e. The van der Waals surface area contributed by atoms with Crippen LogP contribution in [0, 0.1) is 11.8 Å². The van der Waals surface area contributed by atoms with E-state index in [2.05, 4.69) is 20.9 Å². The summed E-state index contributed by atoms with van der Waals surface area (Å²) in [5.74, 6) is -1.73. The molecular formula is C34H43Cl2N5O6. The van der Waals surface area contributed by atoms with Crippen LogP contribution in [0.25, 0.3) is 10.9 Å². The second kappa shape index (κ2) is 15.3. The summed E-state index contributed by atoms with van der Waals surface area (Å²) in [6, 6.07) is 8.51. The first-order chi connectivity index (χ1) is 22.3. The number of halogens is 2. The number of carbonyl (C=O) groups excluding carboxylic acids is 4. The van der Waals surface area contributed by atoms with Gasteiger partial charge >= 0.3 is 6.09 Å². The van der Waals surface area contributed by atoms with Crippen LogP contribution in [-0.4, -0.2) is 53.5 Å². The van der Waals surface area contributed by atoms with Gasteiger partial charge in [0, 0.05) is 22.5 Å². The van der Waals surface area contributed by atoms with E-state index in [1.165, 1.54) is 0 Å². The number of aryl methyl sites for hydroxylation is 1. The van der Waals surface area contributed by atoms with E-state index in [-0.39, 0.29) is 31.3 Å².